The highest BCUT2D eigenvalue weighted by atomic mass is 32.2. The summed E-state index contributed by atoms with van der Waals surface area (Å²) in [5.74, 6) is 0.547. The normalized spacial score (nSPS) is 12.2. The van der Waals surface area contributed by atoms with Gasteiger partial charge in [-0.1, -0.05) is 0 Å². The fourth-order valence-corrected chi connectivity index (χ4v) is 1.86. The number of carbonyl (C=O) groups is 1. The van der Waals surface area contributed by atoms with Gasteiger partial charge in [0.2, 0.25) is 0 Å². The van der Waals surface area contributed by atoms with E-state index in [9.17, 15) is 9.18 Å². The maximum atomic E-state index is 12.6. The average Bonchev–Trinajstić information content (AvgIpc) is 2.27. The molecule has 0 saturated heterocycles. The molecule has 0 radical (unpaired) electrons. The number of nitrogens with one attached hydrogen (secondary N) is 1. The van der Waals surface area contributed by atoms with Crippen molar-refractivity contribution in [3.8, 4) is 0 Å². The molecule has 16 heavy (non-hydrogen) atoms. The van der Waals surface area contributed by atoms with Crippen LogP contribution in [-0.4, -0.2) is 24.0 Å². The monoisotopic (exact) mass is 241 g/mol. The van der Waals surface area contributed by atoms with E-state index in [2.05, 4.69) is 5.32 Å². The summed E-state index contributed by atoms with van der Waals surface area (Å²) in [4.78, 5) is 11.7. The summed E-state index contributed by atoms with van der Waals surface area (Å²) in [6.07, 6.45) is 2.97. The quantitative estimate of drug-likeness (QED) is 0.858. The average molecular weight is 241 g/mol. The Kier molecular flexibility index (Phi) is 5.32. The van der Waals surface area contributed by atoms with Crippen LogP contribution in [0.15, 0.2) is 24.3 Å². The molecule has 0 fully saturated rings. The summed E-state index contributed by atoms with van der Waals surface area (Å²) < 4.78 is 12.6. The summed E-state index contributed by atoms with van der Waals surface area (Å²) in [7, 11) is 0. The van der Waals surface area contributed by atoms with Crippen LogP contribution in [0.2, 0.25) is 0 Å². The highest BCUT2D eigenvalue weighted by Gasteiger charge is 2.09. The number of hydrogen-bond acceptors (Lipinski definition) is 2. The molecule has 1 rings (SSSR count). The van der Waals surface area contributed by atoms with Crippen molar-refractivity contribution in [1.29, 1.82) is 0 Å². The van der Waals surface area contributed by atoms with Gasteiger partial charge in [-0.25, -0.2) is 4.39 Å². The van der Waals surface area contributed by atoms with Crippen molar-refractivity contribution in [1.82, 2.24) is 5.32 Å². The Bertz CT molecular complexity index is 339. The van der Waals surface area contributed by atoms with Gasteiger partial charge in [0.1, 0.15) is 5.82 Å². The fraction of sp³-hybridized carbons (Fsp3) is 0.417. The van der Waals surface area contributed by atoms with E-state index in [1.165, 1.54) is 24.3 Å². The molecule has 0 heterocycles. The minimum Gasteiger partial charge on any atom is -0.350 e. The van der Waals surface area contributed by atoms with Crippen molar-refractivity contribution in [2.24, 2.45) is 0 Å². The second kappa shape index (κ2) is 6.53. The van der Waals surface area contributed by atoms with Gasteiger partial charge in [-0.2, -0.15) is 11.8 Å². The second-order valence-electron chi connectivity index (χ2n) is 3.66. The zero-order valence-corrected chi connectivity index (χ0v) is 10.3. The van der Waals surface area contributed by atoms with Crippen LogP contribution in [0.4, 0.5) is 4.39 Å². The van der Waals surface area contributed by atoms with Gasteiger partial charge in [-0.05, 0) is 49.6 Å². The van der Waals surface area contributed by atoms with Crippen LogP contribution in [-0.2, 0) is 0 Å². The summed E-state index contributed by atoms with van der Waals surface area (Å²) in [5, 5.41) is 2.88. The molecule has 0 aliphatic heterocycles. The number of benzene rings is 1. The molecule has 1 unspecified atom stereocenters. The number of thioether (sulfide) groups is 1. The third-order valence-corrected chi connectivity index (χ3v) is 2.88. The summed E-state index contributed by atoms with van der Waals surface area (Å²) in [6, 6.07) is 5.71. The van der Waals surface area contributed by atoms with E-state index in [1.54, 1.807) is 11.8 Å². The fourth-order valence-electron chi connectivity index (χ4n) is 1.28. The van der Waals surface area contributed by atoms with E-state index in [4.69, 9.17) is 0 Å². The Labute approximate surface area is 99.6 Å². The lowest BCUT2D eigenvalue weighted by atomic mass is 10.2. The van der Waals surface area contributed by atoms with Gasteiger partial charge >= 0.3 is 0 Å². The first-order valence-corrected chi connectivity index (χ1v) is 6.58. The van der Waals surface area contributed by atoms with Crippen LogP contribution in [0.3, 0.4) is 0 Å². The molecule has 1 N–H and O–H groups in total. The molecule has 88 valence electrons. The first-order chi connectivity index (χ1) is 7.63. The number of carbonyl (C=O) groups excluding carboxylic acids is 1. The number of halogens is 1. The molecule has 0 spiro atoms. The van der Waals surface area contributed by atoms with Gasteiger partial charge in [0.25, 0.3) is 5.91 Å². The third-order valence-electron chi connectivity index (χ3n) is 2.24. The Hall–Kier alpha value is -1.03. The zero-order chi connectivity index (χ0) is 12.0. The molecular formula is C12H16FNOS. The Balaban J connectivity index is 2.48. The predicted molar refractivity (Wildman–Crippen MR) is 66.3 cm³/mol. The summed E-state index contributed by atoms with van der Waals surface area (Å²) in [6.45, 7) is 1.97. The molecule has 0 saturated carbocycles. The molecule has 0 aromatic heterocycles. The first-order valence-electron chi connectivity index (χ1n) is 5.19. The van der Waals surface area contributed by atoms with Crippen LogP contribution in [0.25, 0.3) is 0 Å². The van der Waals surface area contributed by atoms with Gasteiger partial charge in [-0.15, -0.1) is 0 Å². The van der Waals surface area contributed by atoms with E-state index in [0.29, 0.717) is 5.56 Å². The van der Waals surface area contributed by atoms with Crippen LogP contribution in [0.5, 0.6) is 0 Å². The largest absolute Gasteiger partial charge is 0.350 e. The van der Waals surface area contributed by atoms with Crippen molar-refractivity contribution >= 4 is 17.7 Å². The van der Waals surface area contributed by atoms with Gasteiger partial charge in [-0.3, -0.25) is 4.79 Å². The van der Waals surface area contributed by atoms with Crippen molar-refractivity contribution in [3.63, 3.8) is 0 Å². The molecule has 0 aliphatic rings. The smallest absolute Gasteiger partial charge is 0.251 e. The summed E-state index contributed by atoms with van der Waals surface area (Å²) >= 11 is 1.75. The van der Waals surface area contributed by atoms with E-state index in [0.717, 1.165) is 12.2 Å². The van der Waals surface area contributed by atoms with Crippen molar-refractivity contribution in [2.75, 3.05) is 12.0 Å². The molecule has 1 atom stereocenters. The molecule has 4 heteroatoms. The molecule has 0 bridgehead atoms. The lowest BCUT2D eigenvalue weighted by Crippen LogP contribution is -2.32. The van der Waals surface area contributed by atoms with E-state index in [-0.39, 0.29) is 17.8 Å². The molecule has 1 aromatic carbocycles. The Morgan fingerprint density at radius 2 is 2.06 bits per heavy atom. The van der Waals surface area contributed by atoms with Crippen LogP contribution >= 0.6 is 11.8 Å². The van der Waals surface area contributed by atoms with Gasteiger partial charge in [0.15, 0.2) is 0 Å². The molecule has 1 aromatic rings. The second-order valence-corrected chi connectivity index (χ2v) is 4.65. The van der Waals surface area contributed by atoms with Crippen molar-refractivity contribution < 1.29 is 9.18 Å². The van der Waals surface area contributed by atoms with Gasteiger partial charge < -0.3 is 5.32 Å². The maximum absolute atomic E-state index is 12.6. The SMILES string of the molecule is CSCCC(C)NC(=O)c1ccc(F)cc1. The highest BCUT2D eigenvalue weighted by molar-refractivity contribution is 7.98. The predicted octanol–water partition coefficient (Wildman–Crippen LogP) is 2.70. The van der Waals surface area contributed by atoms with E-state index in [1.807, 2.05) is 13.2 Å². The van der Waals surface area contributed by atoms with E-state index >= 15 is 0 Å². The molecule has 1 amide bonds. The standard InChI is InChI=1S/C12H16FNOS/c1-9(7-8-16-2)14-12(15)10-3-5-11(13)6-4-10/h3-6,9H,7-8H2,1-2H3,(H,14,15). The third kappa shape index (κ3) is 4.23. The number of rotatable bonds is 5. The van der Waals surface area contributed by atoms with Gasteiger partial charge in [0.05, 0.1) is 0 Å². The van der Waals surface area contributed by atoms with Crippen LogP contribution in [0, 0.1) is 5.82 Å². The molecule has 2 nitrogen and oxygen atoms in total. The lowest BCUT2D eigenvalue weighted by Gasteiger charge is -2.13. The zero-order valence-electron chi connectivity index (χ0n) is 9.50. The Morgan fingerprint density at radius 3 is 2.62 bits per heavy atom. The first kappa shape index (κ1) is 13.0. The van der Waals surface area contributed by atoms with E-state index < -0.39 is 0 Å². The minimum atomic E-state index is -0.327. The topological polar surface area (TPSA) is 29.1 Å². The Morgan fingerprint density at radius 1 is 1.44 bits per heavy atom. The van der Waals surface area contributed by atoms with Crippen molar-refractivity contribution in [2.45, 2.75) is 19.4 Å². The number of amides is 1. The van der Waals surface area contributed by atoms with Crippen molar-refractivity contribution in [3.05, 3.63) is 35.6 Å². The van der Waals surface area contributed by atoms with Gasteiger partial charge in [0, 0.05) is 11.6 Å². The number of hydrogen-bond donors (Lipinski definition) is 1. The van der Waals surface area contributed by atoms with Crippen LogP contribution in [0.1, 0.15) is 23.7 Å². The summed E-state index contributed by atoms with van der Waals surface area (Å²) in [5.41, 5.74) is 0.498. The lowest BCUT2D eigenvalue weighted by molar-refractivity contribution is 0.0939. The molecule has 0 aliphatic carbocycles. The highest BCUT2D eigenvalue weighted by Crippen LogP contribution is 2.05. The molecular weight excluding hydrogens is 225 g/mol. The minimum absolute atomic E-state index is 0.144. The van der Waals surface area contributed by atoms with Crippen LogP contribution < -0.4 is 5.32 Å². The maximum Gasteiger partial charge on any atom is 0.251 e.